The van der Waals surface area contributed by atoms with Crippen molar-refractivity contribution in [3.05, 3.63) is 40.5 Å². The maximum Gasteiger partial charge on any atom is 0.154 e. The predicted octanol–water partition coefficient (Wildman–Crippen LogP) is 3.03. The molecule has 3 nitrogen and oxygen atoms in total. The molecule has 0 saturated heterocycles. The van der Waals surface area contributed by atoms with Crippen LogP contribution in [-0.2, 0) is 0 Å². The summed E-state index contributed by atoms with van der Waals surface area (Å²) in [5.74, 6) is 0.349. The molecule has 0 aliphatic carbocycles. The van der Waals surface area contributed by atoms with Crippen LogP contribution in [0, 0.1) is 0 Å². The first-order chi connectivity index (χ1) is 7.18. The lowest BCUT2D eigenvalue weighted by Gasteiger charge is -2.06. The number of aromatic nitrogens is 2. The standard InChI is InChI=1S/C10H7Cl2N3/c11-6-1-2-7(9(12)5-6)8-3-4-14-15-10(8)13/h1-5H,(H2,13,15). The molecule has 5 heteroatoms. The average molecular weight is 240 g/mol. The van der Waals surface area contributed by atoms with Crippen molar-refractivity contribution in [3.8, 4) is 11.1 Å². The second-order valence-corrected chi connectivity index (χ2v) is 3.80. The Labute approximate surface area is 96.8 Å². The van der Waals surface area contributed by atoms with Crippen LogP contribution >= 0.6 is 23.2 Å². The van der Waals surface area contributed by atoms with Gasteiger partial charge in [-0.15, -0.1) is 5.10 Å². The van der Waals surface area contributed by atoms with Gasteiger partial charge in [0.15, 0.2) is 5.82 Å². The summed E-state index contributed by atoms with van der Waals surface area (Å²) in [5, 5.41) is 8.56. The molecule has 2 rings (SSSR count). The van der Waals surface area contributed by atoms with Crippen molar-refractivity contribution >= 4 is 29.0 Å². The molecule has 15 heavy (non-hydrogen) atoms. The summed E-state index contributed by atoms with van der Waals surface area (Å²) in [5.41, 5.74) is 7.25. The van der Waals surface area contributed by atoms with Crippen LogP contribution in [0.3, 0.4) is 0 Å². The second-order valence-electron chi connectivity index (χ2n) is 2.95. The van der Waals surface area contributed by atoms with E-state index in [-0.39, 0.29) is 0 Å². The highest BCUT2D eigenvalue weighted by Gasteiger charge is 2.07. The molecule has 0 unspecified atom stereocenters. The highest BCUT2D eigenvalue weighted by Crippen LogP contribution is 2.32. The molecule has 1 aromatic heterocycles. The second kappa shape index (κ2) is 4.04. The molecule has 2 N–H and O–H groups in total. The van der Waals surface area contributed by atoms with Gasteiger partial charge in [0, 0.05) is 16.1 Å². The van der Waals surface area contributed by atoms with E-state index in [1.807, 2.05) is 0 Å². The zero-order chi connectivity index (χ0) is 10.8. The van der Waals surface area contributed by atoms with Crippen LogP contribution in [0.15, 0.2) is 30.5 Å². The number of anilines is 1. The van der Waals surface area contributed by atoms with Crippen LogP contribution in [0.2, 0.25) is 10.0 Å². The number of hydrogen-bond acceptors (Lipinski definition) is 3. The van der Waals surface area contributed by atoms with Gasteiger partial charge in [-0.25, -0.2) is 0 Å². The van der Waals surface area contributed by atoms with E-state index in [9.17, 15) is 0 Å². The molecular formula is C10H7Cl2N3. The average Bonchev–Trinajstić information content (AvgIpc) is 2.20. The quantitative estimate of drug-likeness (QED) is 0.833. The lowest BCUT2D eigenvalue weighted by atomic mass is 10.1. The topological polar surface area (TPSA) is 51.8 Å². The van der Waals surface area contributed by atoms with Gasteiger partial charge in [0.1, 0.15) is 0 Å². The molecule has 1 heterocycles. The first kappa shape index (κ1) is 10.2. The van der Waals surface area contributed by atoms with E-state index >= 15 is 0 Å². The van der Waals surface area contributed by atoms with Crippen molar-refractivity contribution in [1.29, 1.82) is 0 Å². The van der Waals surface area contributed by atoms with Gasteiger partial charge < -0.3 is 5.73 Å². The molecule has 0 aliphatic heterocycles. The Morgan fingerprint density at radius 3 is 2.53 bits per heavy atom. The highest BCUT2D eigenvalue weighted by atomic mass is 35.5. The minimum atomic E-state index is 0.349. The van der Waals surface area contributed by atoms with E-state index < -0.39 is 0 Å². The van der Waals surface area contributed by atoms with E-state index in [4.69, 9.17) is 28.9 Å². The summed E-state index contributed by atoms with van der Waals surface area (Å²) in [4.78, 5) is 0. The SMILES string of the molecule is Nc1nnccc1-c1ccc(Cl)cc1Cl. The first-order valence-corrected chi connectivity index (χ1v) is 4.96. The fourth-order valence-corrected chi connectivity index (χ4v) is 1.79. The number of nitrogens with two attached hydrogens (primary N) is 1. The molecule has 0 atom stereocenters. The molecule has 76 valence electrons. The molecule has 0 fully saturated rings. The zero-order valence-corrected chi connectivity index (χ0v) is 9.13. The highest BCUT2D eigenvalue weighted by molar-refractivity contribution is 6.36. The van der Waals surface area contributed by atoms with Crippen molar-refractivity contribution < 1.29 is 0 Å². The lowest BCUT2D eigenvalue weighted by Crippen LogP contribution is -1.95. The Morgan fingerprint density at radius 1 is 1.07 bits per heavy atom. The summed E-state index contributed by atoms with van der Waals surface area (Å²) in [6, 6.07) is 6.98. The third-order valence-electron chi connectivity index (χ3n) is 1.97. The fraction of sp³-hybridized carbons (Fsp3) is 0. The smallest absolute Gasteiger partial charge is 0.154 e. The monoisotopic (exact) mass is 239 g/mol. The molecule has 1 aromatic carbocycles. The van der Waals surface area contributed by atoms with Gasteiger partial charge in [-0.1, -0.05) is 29.3 Å². The molecular weight excluding hydrogens is 233 g/mol. The number of halogens is 2. The van der Waals surface area contributed by atoms with Gasteiger partial charge in [-0.2, -0.15) is 5.10 Å². The van der Waals surface area contributed by atoms with Crippen molar-refractivity contribution in [2.75, 3.05) is 5.73 Å². The number of hydrogen-bond donors (Lipinski definition) is 1. The van der Waals surface area contributed by atoms with Crippen LogP contribution < -0.4 is 5.73 Å². The largest absolute Gasteiger partial charge is 0.382 e. The molecule has 0 bridgehead atoms. The van der Waals surface area contributed by atoms with E-state index in [2.05, 4.69) is 10.2 Å². The molecule has 0 saturated carbocycles. The first-order valence-electron chi connectivity index (χ1n) is 4.21. The minimum absolute atomic E-state index is 0.349. The fourth-order valence-electron chi connectivity index (χ4n) is 1.28. The third kappa shape index (κ3) is 2.03. The van der Waals surface area contributed by atoms with Gasteiger partial charge in [-0.05, 0) is 18.2 Å². The lowest BCUT2D eigenvalue weighted by molar-refractivity contribution is 1.04. The van der Waals surface area contributed by atoms with Crippen LogP contribution in [0.5, 0.6) is 0 Å². The normalized spacial score (nSPS) is 10.3. The summed E-state index contributed by atoms with van der Waals surface area (Å²) in [7, 11) is 0. The van der Waals surface area contributed by atoms with Gasteiger partial charge >= 0.3 is 0 Å². The minimum Gasteiger partial charge on any atom is -0.382 e. The van der Waals surface area contributed by atoms with E-state index in [1.165, 1.54) is 0 Å². The maximum atomic E-state index is 6.05. The van der Waals surface area contributed by atoms with Gasteiger partial charge in [0.2, 0.25) is 0 Å². The summed E-state index contributed by atoms with van der Waals surface area (Å²) >= 11 is 11.8. The Hall–Kier alpha value is -1.32. The molecule has 0 amide bonds. The van der Waals surface area contributed by atoms with E-state index in [0.717, 1.165) is 11.1 Å². The third-order valence-corrected chi connectivity index (χ3v) is 2.52. The Balaban J connectivity index is 2.60. The van der Waals surface area contributed by atoms with E-state index in [0.29, 0.717) is 15.9 Å². The summed E-state index contributed by atoms with van der Waals surface area (Å²) in [6.07, 6.45) is 1.57. The Kier molecular flexibility index (Phi) is 2.75. The number of rotatable bonds is 1. The van der Waals surface area contributed by atoms with E-state index in [1.54, 1.807) is 30.5 Å². The molecule has 2 aromatic rings. The van der Waals surface area contributed by atoms with Crippen molar-refractivity contribution in [2.45, 2.75) is 0 Å². The van der Waals surface area contributed by atoms with Gasteiger partial charge in [0.05, 0.1) is 11.2 Å². The Bertz CT molecular complexity index is 500. The van der Waals surface area contributed by atoms with Gasteiger partial charge in [-0.3, -0.25) is 0 Å². The van der Waals surface area contributed by atoms with Crippen molar-refractivity contribution in [1.82, 2.24) is 10.2 Å². The van der Waals surface area contributed by atoms with Crippen LogP contribution in [0.25, 0.3) is 11.1 Å². The van der Waals surface area contributed by atoms with Crippen molar-refractivity contribution in [3.63, 3.8) is 0 Å². The zero-order valence-electron chi connectivity index (χ0n) is 7.61. The summed E-state index contributed by atoms with van der Waals surface area (Å²) in [6.45, 7) is 0. The van der Waals surface area contributed by atoms with Crippen LogP contribution in [0.1, 0.15) is 0 Å². The number of benzene rings is 1. The molecule has 0 spiro atoms. The number of nitrogens with zero attached hydrogens (tertiary/aromatic N) is 2. The van der Waals surface area contributed by atoms with Gasteiger partial charge in [0.25, 0.3) is 0 Å². The van der Waals surface area contributed by atoms with Crippen LogP contribution in [-0.4, -0.2) is 10.2 Å². The Morgan fingerprint density at radius 2 is 1.87 bits per heavy atom. The maximum absolute atomic E-state index is 6.05. The predicted molar refractivity (Wildman–Crippen MR) is 61.9 cm³/mol. The number of nitrogen functional groups attached to an aromatic ring is 1. The van der Waals surface area contributed by atoms with Crippen molar-refractivity contribution in [2.24, 2.45) is 0 Å². The molecule has 0 aliphatic rings. The van der Waals surface area contributed by atoms with Crippen LogP contribution in [0.4, 0.5) is 5.82 Å². The summed E-state index contributed by atoms with van der Waals surface area (Å²) < 4.78 is 0. The molecule has 0 radical (unpaired) electrons.